The summed E-state index contributed by atoms with van der Waals surface area (Å²) in [5.41, 5.74) is 2.62. The predicted octanol–water partition coefficient (Wildman–Crippen LogP) is 6.43. The van der Waals surface area contributed by atoms with Gasteiger partial charge >= 0.3 is 0 Å². The van der Waals surface area contributed by atoms with Crippen LogP contribution in [0.4, 0.5) is 5.69 Å². The number of sulfonamides is 1. The predicted molar refractivity (Wildman–Crippen MR) is 143 cm³/mol. The number of hydrogen-bond acceptors (Lipinski definition) is 3. The number of rotatable bonds is 10. The van der Waals surface area contributed by atoms with Gasteiger partial charge in [-0.25, -0.2) is 8.42 Å². The lowest BCUT2D eigenvalue weighted by molar-refractivity contribution is 0.302. The number of hydrogen-bond donors (Lipinski definition) is 0. The van der Waals surface area contributed by atoms with E-state index in [1.807, 2.05) is 91.0 Å². The molecule has 0 aliphatic carbocycles. The molecule has 0 atom stereocenters. The van der Waals surface area contributed by atoms with E-state index >= 15 is 0 Å². The summed E-state index contributed by atoms with van der Waals surface area (Å²) in [5.74, 6) is 0. The lowest BCUT2D eigenvalue weighted by atomic mass is 10.0. The highest BCUT2D eigenvalue weighted by Gasteiger charge is 2.28. The topological polar surface area (TPSA) is 40.6 Å². The molecule has 5 heteroatoms. The second-order valence-electron chi connectivity index (χ2n) is 8.32. The summed E-state index contributed by atoms with van der Waals surface area (Å²) in [6, 6.07) is 31.0. The van der Waals surface area contributed by atoms with Crippen molar-refractivity contribution in [3.8, 4) is 11.1 Å². The molecule has 0 aromatic heterocycles. The van der Waals surface area contributed by atoms with Crippen LogP contribution in [-0.2, 0) is 10.0 Å². The number of fused-ring (bicyclic) bond motifs is 1. The number of benzene rings is 4. The fraction of sp³-hybridized carbons (Fsp3) is 0.241. The SMILES string of the molecule is CCN(CC)CCCN(c1ccccc1-c1ccccc1)S(=O)(=O)c1cccc2ccccc12. The van der Waals surface area contributed by atoms with Crippen molar-refractivity contribution in [1.29, 1.82) is 0 Å². The Labute approximate surface area is 203 Å². The van der Waals surface area contributed by atoms with Crippen molar-refractivity contribution in [3.63, 3.8) is 0 Å². The van der Waals surface area contributed by atoms with Gasteiger partial charge in [0.2, 0.25) is 0 Å². The van der Waals surface area contributed by atoms with E-state index in [1.165, 1.54) is 0 Å². The van der Waals surface area contributed by atoms with Crippen LogP contribution in [0.2, 0.25) is 0 Å². The summed E-state index contributed by atoms with van der Waals surface area (Å²) in [6.45, 7) is 7.44. The smallest absolute Gasteiger partial charge is 0.264 e. The Bertz CT molecular complexity index is 1330. The van der Waals surface area contributed by atoms with Gasteiger partial charge in [0.1, 0.15) is 0 Å². The third kappa shape index (κ3) is 5.01. The van der Waals surface area contributed by atoms with Crippen molar-refractivity contribution < 1.29 is 8.42 Å². The highest BCUT2D eigenvalue weighted by Crippen LogP contribution is 2.35. The maximum absolute atomic E-state index is 14.3. The molecule has 0 unspecified atom stereocenters. The molecule has 0 heterocycles. The number of para-hydroxylation sites is 1. The van der Waals surface area contributed by atoms with Crippen LogP contribution in [0.1, 0.15) is 20.3 Å². The van der Waals surface area contributed by atoms with Crippen LogP contribution in [0, 0.1) is 0 Å². The minimum absolute atomic E-state index is 0.344. The van der Waals surface area contributed by atoms with Gasteiger partial charge in [0.25, 0.3) is 10.0 Å². The Morgan fingerprint density at radius 1 is 0.676 bits per heavy atom. The van der Waals surface area contributed by atoms with Gasteiger partial charge in [0, 0.05) is 17.5 Å². The Balaban J connectivity index is 1.83. The van der Waals surface area contributed by atoms with Gasteiger partial charge in [-0.3, -0.25) is 4.31 Å². The molecule has 34 heavy (non-hydrogen) atoms. The van der Waals surface area contributed by atoms with Crippen LogP contribution in [0.3, 0.4) is 0 Å². The summed E-state index contributed by atoms with van der Waals surface area (Å²) < 4.78 is 30.1. The minimum atomic E-state index is -3.81. The summed E-state index contributed by atoms with van der Waals surface area (Å²) in [5, 5.41) is 1.67. The minimum Gasteiger partial charge on any atom is -0.304 e. The van der Waals surface area contributed by atoms with E-state index in [-0.39, 0.29) is 0 Å². The zero-order valence-corrected chi connectivity index (χ0v) is 20.7. The Morgan fingerprint density at radius 2 is 1.32 bits per heavy atom. The van der Waals surface area contributed by atoms with Crippen LogP contribution in [0.15, 0.2) is 102 Å². The van der Waals surface area contributed by atoms with Crippen LogP contribution < -0.4 is 4.31 Å². The first kappa shape index (κ1) is 24.0. The molecule has 4 nitrogen and oxygen atoms in total. The van der Waals surface area contributed by atoms with Crippen molar-refractivity contribution in [2.24, 2.45) is 0 Å². The van der Waals surface area contributed by atoms with Crippen molar-refractivity contribution in [2.75, 3.05) is 30.5 Å². The molecule has 0 amide bonds. The van der Waals surface area contributed by atoms with Gasteiger partial charge in [-0.1, -0.05) is 98.8 Å². The molecule has 0 saturated carbocycles. The molecule has 0 bridgehead atoms. The molecule has 4 rings (SSSR count). The average Bonchev–Trinajstić information content (AvgIpc) is 2.89. The van der Waals surface area contributed by atoms with E-state index in [1.54, 1.807) is 10.4 Å². The average molecular weight is 473 g/mol. The van der Waals surface area contributed by atoms with Gasteiger partial charge in [-0.05, 0) is 49.1 Å². The maximum atomic E-state index is 14.3. The zero-order valence-electron chi connectivity index (χ0n) is 19.9. The van der Waals surface area contributed by atoms with E-state index in [2.05, 4.69) is 18.7 Å². The van der Waals surface area contributed by atoms with Crippen LogP contribution >= 0.6 is 0 Å². The molecule has 0 fully saturated rings. The number of nitrogens with zero attached hydrogens (tertiary/aromatic N) is 2. The van der Waals surface area contributed by atoms with E-state index in [9.17, 15) is 8.42 Å². The van der Waals surface area contributed by atoms with E-state index in [0.717, 1.165) is 48.0 Å². The normalized spacial score (nSPS) is 11.7. The second-order valence-corrected chi connectivity index (χ2v) is 10.1. The molecule has 0 radical (unpaired) electrons. The summed E-state index contributed by atoms with van der Waals surface area (Å²) >= 11 is 0. The Kier molecular flexibility index (Phi) is 7.66. The molecular weight excluding hydrogens is 440 g/mol. The van der Waals surface area contributed by atoms with Gasteiger partial charge in [0.05, 0.1) is 10.6 Å². The van der Waals surface area contributed by atoms with Gasteiger partial charge in [-0.15, -0.1) is 0 Å². The van der Waals surface area contributed by atoms with E-state index < -0.39 is 10.0 Å². The molecule has 4 aromatic rings. The Morgan fingerprint density at radius 3 is 2.09 bits per heavy atom. The fourth-order valence-electron chi connectivity index (χ4n) is 4.44. The third-order valence-electron chi connectivity index (χ3n) is 6.31. The van der Waals surface area contributed by atoms with Crippen molar-refractivity contribution in [1.82, 2.24) is 4.90 Å². The largest absolute Gasteiger partial charge is 0.304 e. The lowest BCUT2D eigenvalue weighted by Gasteiger charge is -2.28. The summed E-state index contributed by atoms with van der Waals surface area (Å²) in [4.78, 5) is 2.67. The van der Waals surface area contributed by atoms with Crippen LogP contribution in [-0.4, -0.2) is 39.5 Å². The fourth-order valence-corrected chi connectivity index (χ4v) is 6.18. The van der Waals surface area contributed by atoms with Crippen LogP contribution in [0.5, 0.6) is 0 Å². The first-order chi connectivity index (χ1) is 16.6. The lowest BCUT2D eigenvalue weighted by Crippen LogP contribution is -2.35. The molecule has 176 valence electrons. The summed E-state index contributed by atoms with van der Waals surface area (Å²) in [6.07, 6.45) is 0.745. The van der Waals surface area contributed by atoms with Gasteiger partial charge < -0.3 is 4.90 Å². The maximum Gasteiger partial charge on any atom is 0.264 e. The molecule has 0 aliphatic rings. The van der Waals surface area contributed by atoms with Crippen LogP contribution in [0.25, 0.3) is 21.9 Å². The quantitative estimate of drug-likeness (QED) is 0.267. The third-order valence-corrected chi connectivity index (χ3v) is 8.18. The molecule has 0 spiro atoms. The second kappa shape index (κ2) is 10.9. The van der Waals surface area contributed by atoms with Gasteiger partial charge in [-0.2, -0.15) is 0 Å². The first-order valence-corrected chi connectivity index (χ1v) is 13.4. The standard InChI is InChI=1S/C29H32N2O2S/c1-3-30(4-2)22-13-23-31(28-20-11-10-18-26(28)24-14-6-5-7-15-24)34(32,33)29-21-12-17-25-16-8-9-19-27(25)29/h5-12,14-21H,3-4,13,22-23H2,1-2H3. The number of anilines is 1. The van der Waals surface area contributed by atoms with Crippen molar-refractivity contribution in [3.05, 3.63) is 97.1 Å². The summed E-state index contributed by atoms with van der Waals surface area (Å²) in [7, 11) is -3.81. The first-order valence-electron chi connectivity index (χ1n) is 11.9. The van der Waals surface area contributed by atoms with Gasteiger partial charge in [0.15, 0.2) is 0 Å². The van der Waals surface area contributed by atoms with Crippen molar-refractivity contribution >= 4 is 26.5 Å². The Hall–Kier alpha value is -3.15. The van der Waals surface area contributed by atoms with Crippen molar-refractivity contribution in [2.45, 2.75) is 25.2 Å². The van der Waals surface area contributed by atoms with E-state index in [4.69, 9.17) is 0 Å². The zero-order chi connectivity index (χ0) is 24.0. The molecular formula is C29H32N2O2S. The molecule has 0 saturated heterocycles. The van der Waals surface area contributed by atoms with E-state index in [0.29, 0.717) is 17.1 Å². The highest BCUT2D eigenvalue weighted by molar-refractivity contribution is 7.93. The highest BCUT2D eigenvalue weighted by atomic mass is 32.2. The monoisotopic (exact) mass is 472 g/mol. The molecule has 4 aromatic carbocycles. The molecule has 0 N–H and O–H groups in total. The molecule has 0 aliphatic heterocycles.